The molecule has 1 N–H and O–H groups in total. The van der Waals surface area contributed by atoms with Crippen LogP contribution in [0.4, 0.5) is 0 Å². The number of hydrogen-bond donors (Lipinski definition) is 1. The molecule has 0 fully saturated rings. The van der Waals surface area contributed by atoms with E-state index in [2.05, 4.69) is 9.88 Å². The molecule has 0 atom stereocenters. The van der Waals surface area contributed by atoms with Gasteiger partial charge in [0.1, 0.15) is 17.3 Å². The van der Waals surface area contributed by atoms with Gasteiger partial charge in [0.25, 0.3) is 5.91 Å². The highest BCUT2D eigenvalue weighted by molar-refractivity contribution is 5.94. The van der Waals surface area contributed by atoms with E-state index in [0.29, 0.717) is 24.4 Å². The maximum Gasteiger partial charge on any atom is 0.251 e. The number of methoxy groups -OCH3 is 2. The molecule has 3 aromatic carbocycles. The Morgan fingerprint density at radius 2 is 1.70 bits per heavy atom. The normalized spacial score (nSPS) is 10.7. The first-order valence-corrected chi connectivity index (χ1v) is 9.67. The van der Waals surface area contributed by atoms with Crippen LogP contribution in [0.2, 0.25) is 0 Å². The number of para-hydroxylation sites is 2. The van der Waals surface area contributed by atoms with Crippen molar-refractivity contribution in [1.82, 2.24) is 14.9 Å². The summed E-state index contributed by atoms with van der Waals surface area (Å²) in [5.74, 6) is 2.09. The fourth-order valence-corrected chi connectivity index (χ4v) is 3.38. The van der Waals surface area contributed by atoms with Gasteiger partial charge in [-0.1, -0.05) is 30.3 Å². The standard InChI is InChI=1S/C24H23N3O3/c1-29-19-12-10-17(11-13-19)16-27-22-9-4-3-8-21(22)26-23(27)15-25-24(28)18-6-5-7-20(14-18)30-2/h3-14H,15-16H2,1-2H3,(H,25,28). The highest BCUT2D eigenvalue weighted by Crippen LogP contribution is 2.20. The second kappa shape index (κ2) is 8.69. The van der Waals surface area contributed by atoms with Gasteiger partial charge in [-0.15, -0.1) is 0 Å². The van der Waals surface area contributed by atoms with Crippen molar-refractivity contribution >= 4 is 16.9 Å². The van der Waals surface area contributed by atoms with Crippen LogP contribution >= 0.6 is 0 Å². The summed E-state index contributed by atoms with van der Waals surface area (Å²) >= 11 is 0. The Labute approximate surface area is 175 Å². The van der Waals surface area contributed by atoms with Crippen molar-refractivity contribution in [3.63, 3.8) is 0 Å². The predicted octanol–water partition coefficient (Wildman–Crippen LogP) is 4.03. The van der Waals surface area contributed by atoms with E-state index < -0.39 is 0 Å². The monoisotopic (exact) mass is 401 g/mol. The Morgan fingerprint density at radius 3 is 2.47 bits per heavy atom. The summed E-state index contributed by atoms with van der Waals surface area (Å²) < 4.78 is 12.6. The number of nitrogens with one attached hydrogen (secondary N) is 1. The van der Waals surface area contributed by atoms with Gasteiger partial charge >= 0.3 is 0 Å². The first-order chi connectivity index (χ1) is 14.7. The predicted molar refractivity (Wildman–Crippen MR) is 116 cm³/mol. The van der Waals surface area contributed by atoms with Crippen LogP contribution in [0.25, 0.3) is 11.0 Å². The number of aromatic nitrogens is 2. The zero-order valence-corrected chi connectivity index (χ0v) is 17.0. The van der Waals surface area contributed by atoms with Gasteiger partial charge < -0.3 is 19.4 Å². The third-order valence-corrected chi connectivity index (χ3v) is 4.97. The van der Waals surface area contributed by atoms with Crippen molar-refractivity contribution in [3.8, 4) is 11.5 Å². The molecule has 4 aromatic rings. The topological polar surface area (TPSA) is 65.4 Å². The van der Waals surface area contributed by atoms with Crippen molar-refractivity contribution in [1.29, 1.82) is 0 Å². The van der Waals surface area contributed by atoms with Crippen LogP contribution in [0.1, 0.15) is 21.7 Å². The lowest BCUT2D eigenvalue weighted by atomic mass is 10.2. The first-order valence-electron chi connectivity index (χ1n) is 9.67. The Kier molecular flexibility index (Phi) is 5.66. The second-order valence-electron chi connectivity index (χ2n) is 6.87. The lowest BCUT2D eigenvalue weighted by Crippen LogP contribution is -2.25. The number of amides is 1. The highest BCUT2D eigenvalue weighted by Gasteiger charge is 2.13. The molecule has 0 aliphatic heterocycles. The van der Waals surface area contributed by atoms with Crippen LogP contribution in [0, 0.1) is 0 Å². The molecule has 0 aliphatic rings. The molecule has 0 radical (unpaired) electrons. The smallest absolute Gasteiger partial charge is 0.251 e. The Hall–Kier alpha value is -3.80. The van der Waals surface area contributed by atoms with E-state index in [9.17, 15) is 4.79 Å². The lowest BCUT2D eigenvalue weighted by Gasteiger charge is -2.11. The van der Waals surface area contributed by atoms with Gasteiger partial charge in [0, 0.05) is 12.1 Å². The third-order valence-electron chi connectivity index (χ3n) is 4.97. The summed E-state index contributed by atoms with van der Waals surface area (Å²) in [6, 6.07) is 23.0. The number of nitrogens with zero attached hydrogens (tertiary/aromatic N) is 2. The molecular formula is C24H23N3O3. The Morgan fingerprint density at radius 1 is 0.933 bits per heavy atom. The summed E-state index contributed by atoms with van der Waals surface area (Å²) in [5.41, 5.74) is 3.60. The molecular weight excluding hydrogens is 378 g/mol. The van der Waals surface area contributed by atoms with E-state index in [1.807, 2.05) is 54.6 Å². The molecule has 0 aliphatic carbocycles. The molecule has 0 spiro atoms. The van der Waals surface area contributed by atoms with E-state index in [1.54, 1.807) is 32.4 Å². The molecule has 0 bridgehead atoms. The molecule has 4 rings (SSSR count). The fourth-order valence-electron chi connectivity index (χ4n) is 3.38. The number of carbonyl (C=O) groups is 1. The Balaban J connectivity index is 1.58. The van der Waals surface area contributed by atoms with Crippen molar-refractivity contribution in [2.45, 2.75) is 13.1 Å². The van der Waals surface area contributed by atoms with Crippen LogP contribution in [0.5, 0.6) is 11.5 Å². The molecule has 152 valence electrons. The first kappa shape index (κ1) is 19.5. The quantitative estimate of drug-likeness (QED) is 0.508. The second-order valence-corrected chi connectivity index (χ2v) is 6.87. The van der Waals surface area contributed by atoms with Crippen molar-refractivity contribution < 1.29 is 14.3 Å². The molecule has 30 heavy (non-hydrogen) atoms. The minimum Gasteiger partial charge on any atom is -0.497 e. The fraction of sp³-hybridized carbons (Fsp3) is 0.167. The number of ether oxygens (including phenoxy) is 2. The minimum atomic E-state index is -0.169. The highest BCUT2D eigenvalue weighted by atomic mass is 16.5. The van der Waals surface area contributed by atoms with Crippen LogP contribution < -0.4 is 14.8 Å². The average molecular weight is 401 g/mol. The molecule has 0 saturated heterocycles. The number of imidazole rings is 1. The molecule has 0 unspecified atom stereocenters. The van der Waals surface area contributed by atoms with Crippen LogP contribution in [0.3, 0.4) is 0 Å². The molecule has 6 nitrogen and oxygen atoms in total. The molecule has 1 heterocycles. The third kappa shape index (κ3) is 4.12. The number of carbonyl (C=O) groups excluding carboxylic acids is 1. The maximum atomic E-state index is 12.6. The van der Waals surface area contributed by atoms with E-state index in [-0.39, 0.29) is 5.91 Å². The minimum absolute atomic E-state index is 0.169. The summed E-state index contributed by atoms with van der Waals surface area (Å²) in [6.07, 6.45) is 0. The summed E-state index contributed by atoms with van der Waals surface area (Å²) in [6.45, 7) is 0.968. The number of hydrogen-bond acceptors (Lipinski definition) is 4. The van der Waals surface area contributed by atoms with Crippen molar-refractivity contribution in [2.24, 2.45) is 0 Å². The zero-order valence-electron chi connectivity index (χ0n) is 17.0. The van der Waals surface area contributed by atoms with Crippen molar-refractivity contribution in [2.75, 3.05) is 14.2 Å². The van der Waals surface area contributed by atoms with Gasteiger partial charge in [-0.3, -0.25) is 4.79 Å². The maximum absolute atomic E-state index is 12.6. The number of rotatable bonds is 7. The molecule has 1 aromatic heterocycles. The molecule has 6 heteroatoms. The molecule has 0 saturated carbocycles. The Bertz CT molecular complexity index is 1170. The van der Waals surface area contributed by atoms with Crippen LogP contribution in [-0.4, -0.2) is 29.7 Å². The van der Waals surface area contributed by atoms with Gasteiger partial charge in [-0.25, -0.2) is 4.98 Å². The summed E-state index contributed by atoms with van der Waals surface area (Å²) in [7, 11) is 3.24. The number of fused-ring (bicyclic) bond motifs is 1. The van der Waals surface area contributed by atoms with E-state index in [4.69, 9.17) is 14.5 Å². The largest absolute Gasteiger partial charge is 0.497 e. The summed E-state index contributed by atoms with van der Waals surface area (Å²) in [5, 5.41) is 2.97. The van der Waals surface area contributed by atoms with Gasteiger partial charge in [-0.05, 0) is 48.0 Å². The molecule has 1 amide bonds. The average Bonchev–Trinajstić information content (AvgIpc) is 3.15. The van der Waals surface area contributed by atoms with Gasteiger partial charge in [0.2, 0.25) is 0 Å². The number of benzene rings is 3. The van der Waals surface area contributed by atoms with Gasteiger partial charge in [0.15, 0.2) is 0 Å². The SMILES string of the molecule is COc1ccc(Cn2c(CNC(=O)c3cccc(OC)c3)nc3ccccc32)cc1. The van der Waals surface area contributed by atoms with Gasteiger partial charge in [-0.2, -0.15) is 0 Å². The summed E-state index contributed by atoms with van der Waals surface area (Å²) in [4.78, 5) is 17.4. The van der Waals surface area contributed by atoms with Crippen molar-refractivity contribution in [3.05, 3.63) is 89.7 Å². The van der Waals surface area contributed by atoms with Crippen LogP contribution in [0.15, 0.2) is 72.8 Å². The lowest BCUT2D eigenvalue weighted by molar-refractivity contribution is 0.0949. The van der Waals surface area contributed by atoms with E-state index in [0.717, 1.165) is 28.2 Å². The van der Waals surface area contributed by atoms with Gasteiger partial charge in [0.05, 0.1) is 31.8 Å². The zero-order chi connectivity index (χ0) is 20.9. The van der Waals surface area contributed by atoms with Crippen LogP contribution in [-0.2, 0) is 13.1 Å². The van der Waals surface area contributed by atoms with E-state index in [1.165, 1.54) is 0 Å². The van der Waals surface area contributed by atoms with E-state index >= 15 is 0 Å².